The lowest BCUT2D eigenvalue weighted by Crippen LogP contribution is -2.24. The standard InChI is InChI=1S/C15H11N3O5/c16-12-10(14(20)21)9(11(15(22)23)13(19)18-12)7-2-1-3-8-6(7)4-5-17-8/h1-5,17H,(H,20,21)(H,22,23)(H3,16,18,19). The van der Waals surface area contributed by atoms with E-state index in [1.807, 2.05) is 0 Å². The molecule has 0 aliphatic rings. The van der Waals surface area contributed by atoms with Gasteiger partial charge >= 0.3 is 11.9 Å². The van der Waals surface area contributed by atoms with E-state index in [4.69, 9.17) is 5.73 Å². The summed E-state index contributed by atoms with van der Waals surface area (Å²) in [5.74, 6) is -3.35. The summed E-state index contributed by atoms with van der Waals surface area (Å²) in [6.45, 7) is 0. The van der Waals surface area contributed by atoms with Gasteiger partial charge in [0.15, 0.2) is 0 Å². The molecule has 0 aliphatic heterocycles. The van der Waals surface area contributed by atoms with Crippen LogP contribution in [0.5, 0.6) is 0 Å². The van der Waals surface area contributed by atoms with Crippen molar-refractivity contribution < 1.29 is 19.8 Å². The third-order valence-electron chi connectivity index (χ3n) is 3.54. The Kier molecular flexibility index (Phi) is 3.14. The van der Waals surface area contributed by atoms with E-state index in [0.29, 0.717) is 16.5 Å². The molecule has 0 aliphatic carbocycles. The van der Waals surface area contributed by atoms with Gasteiger partial charge in [0, 0.05) is 22.7 Å². The molecular weight excluding hydrogens is 302 g/mol. The van der Waals surface area contributed by atoms with Crippen LogP contribution in [0.15, 0.2) is 35.3 Å². The molecule has 2 heterocycles. The third kappa shape index (κ3) is 2.13. The van der Waals surface area contributed by atoms with Crippen LogP contribution in [0, 0.1) is 0 Å². The molecule has 3 aromatic rings. The Balaban J connectivity index is 2.56. The number of hydrogen-bond donors (Lipinski definition) is 5. The van der Waals surface area contributed by atoms with E-state index in [2.05, 4.69) is 9.97 Å². The molecule has 0 unspecified atom stereocenters. The van der Waals surface area contributed by atoms with Crippen molar-refractivity contribution in [2.45, 2.75) is 0 Å². The van der Waals surface area contributed by atoms with Crippen LogP contribution in [0.2, 0.25) is 0 Å². The van der Waals surface area contributed by atoms with Crippen LogP contribution in [0.25, 0.3) is 22.0 Å². The van der Waals surface area contributed by atoms with Crippen molar-refractivity contribution in [2.75, 3.05) is 5.73 Å². The highest BCUT2D eigenvalue weighted by molar-refractivity contribution is 6.11. The van der Waals surface area contributed by atoms with Crippen molar-refractivity contribution in [1.29, 1.82) is 0 Å². The molecule has 116 valence electrons. The van der Waals surface area contributed by atoms with E-state index >= 15 is 0 Å². The Labute approximate surface area is 128 Å². The first kappa shape index (κ1) is 14.4. The number of aromatic amines is 2. The molecule has 6 N–H and O–H groups in total. The van der Waals surface area contributed by atoms with Gasteiger partial charge in [-0.05, 0) is 17.7 Å². The topological polar surface area (TPSA) is 149 Å². The number of pyridine rings is 1. The Morgan fingerprint density at radius 1 is 1.04 bits per heavy atom. The molecule has 0 amide bonds. The van der Waals surface area contributed by atoms with Crippen LogP contribution in [0.4, 0.5) is 5.82 Å². The van der Waals surface area contributed by atoms with E-state index in [-0.39, 0.29) is 5.56 Å². The average Bonchev–Trinajstić information content (AvgIpc) is 2.93. The van der Waals surface area contributed by atoms with Gasteiger partial charge in [-0.15, -0.1) is 0 Å². The molecule has 8 heteroatoms. The predicted octanol–water partition coefficient (Wildman–Crippen LogP) is 1.50. The summed E-state index contributed by atoms with van der Waals surface area (Å²) in [4.78, 5) is 40.1. The number of fused-ring (bicyclic) bond motifs is 1. The summed E-state index contributed by atoms with van der Waals surface area (Å²) < 4.78 is 0. The van der Waals surface area contributed by atoms with Gasteiger partial charge in [-0.2, -0.15) is 0 Å². The normalized spacial score (nSPS) is 10.8. The summed E-state index contributed by atoms with van der Waals surface area (Å²) in [6, 6.07) is 6.58. The first-order valence-electron chi connectivity index (χ1n) is 6.50. The van der Waals surface area contributed by atoms with Crippen molar-refractivity contribution in [1.82, 2.24) is 9.97 Å². The number of anilines is 1. The third-order valence-corrected chi connectivity index (χ3v) is 3.54. The number of nitrogens with one attached hydrogen (secondary N) is 2. The number of aromatic carboxylic acids is 2. The maximum absolute atomic E-state index is 12.0. The Morgan fingerprint density at radius 2 is 1.74 bits per heavy atom. The minimum Gasteiger partial charge on any atom is -0.478 e. The fourth-order valence-electron chi connectivity index (χ4n) is 2.62. The lowest BCUT2D eigenvalue weighted by atomic mass is 9.93. The van der Waals surface area contributed by atoms with Crippen LogP contribution in [0.1, 0.15) is 20.7 Å². The van der Waals surface area contributed by atoms with Crippen molar-refractivity contribution in [2.24, 2.45) is 0 Å². The highest BCUT2D eigenvalue weighted by atomic mass is 16.4. The number of nitrogens with two attached hydrogens (primary N) is 1. The second-order valence-corrected chi connectivity index (χ2v) is 4.85. The SMILES string of the molecule is Nc1[nH]c(=O)c(C(=O)O)c(-c2cccc3[nH]ccc23)c1C(=O)O. The quantitative estimate of drug-likeness (QED) is 0.494. The second kappa shape index (κ2) is 5.02. The maximum Gasteiger partial charge on any atom is 0.342 e. The molecular formula is C15H11N3O5. The number of rotatable bonds is 3. The number of nitrogen functional groups attached to an aromatic ring is 1. The Hall–Kier alpha value is -3.55. The highest BCUT2D eigenvalue weighted by Crippen LogP contribution is 2.34. The summed E-state index contributed by atoms with van der Waals surface area (Å²) in [5.41, 5.74) is 4.31. The summed E-state index contributed by atoms with van der Waals surface area (Å²) in [6.07, 6.45) is 1.63. The average molecular weight is 313 g/mol. The summed E-state index contributed by atoms with van der Waals surface area (Å²) >= 11 is 0. The minimum absolute atomic E-state index is 0.212. The monoisotopic (exact) mass is 313 g/mol. The van der Waals surface area contributed by atoms with Crippen LogP contribution >= 0.6 is 0 Å². The molecule has 0 radical (unpaired) electrons. The Morgan fingerprint density at radius 3 is 2.39 bits per heavy atom. The molecule has 2 aromatic heterocycles. The van der Waals surface area contributed by atoms with Gasteiger partial charge in [0.25, 0.3) is 5.56 Å². The highest BCUT2D eigenvalue weighted by Gasteiger charge is 2.27. The van der Waals surface area contributed by atoms with Crippen molar-refractivity contribution in [3.05, 3.63) is 51.9 Å². The summed E-state index contributed by atoms with van der Waals surface area (Å²) in [7, 11) is 0. The first-order valence-corrected chi connectivity index (χ1v) is 6.50. The fourth-order valence-corrected chi connectivity index (χ4v) is 2.62. The first-order chi connectivity index (χ1) is 10.9. The molecule has 0 spiro atoms. The molecule has 0 saturated heterocycles. The van der Waals surface area contributed by atoms with Crippen LogP contribution in [-0.2, 0) is 0 Å². The number of H-pyrrole nitrogens is 2. The number of benzene rings is 1. The molecule has 1 aromatic carbocycles. The van der Waals surface area contributed by atoms with Gasteiger partial charge in [0.1, 0.15) is 16.9 Å². The molecule has 0 bridgehead atoms. The number of carbonyl (C=O) groups is 2. The van der Waals surface area contributed by atoms with E-state index in [9.17, 15) is 24.6 Å². The summed E-state index contributed by atoms with van der Waals surface area (Å²) in [5, 5.41) is 19.4. The van der Waals surface area contributed by atoms with Gasteiger partial charge in [-0.1, -0.05) is 12.1 Å². The van der Waals surface area contributed by atoms with Crippen molar-refractivity contribution >= 4 is 28.7 Å². The minimum atomic E-state index is -1.53. The zero-order valence-corrected chi connectivity index (χ0v) is 11.6. The molecule has 8 nitrogen and oxygen atoms in total. The molecule has 0 saturated carbocycles. The zero-order valence-electron chi connectivity index (χ0n) is 11.6. The van der Waals surface area contributed by atoms with E-state index < -0.39 is 34.4 Å². The molecule has 23 heavy (non-hydrogen) atoms. The van der Waals surface area contributed by atoms with E-state index in [0.717, 1.165) is 0 Å². The van der Waals surface area contributed by atoms with Crippen molar-refractivity contribution in [3.8, 4) is 11.1 Å². The van der Waals surface area contributed by atoms with Gasteiger partial charge in [-0.3, -0.25) is 4.79 Å². The maximum atomic E-state index is 12.0. The number of hydrogen-bond acceptors (Lipinski definition) is 4. The Bertz CT molecular complexity index is 1020. The lowest BCUT2D eigenvalue weighted by Gasteiger charge is -2.13. The number of carboxylic acids is 2. The second-order valence-electron chi connectivity index (χ2n) is 4.85. The largest absolute Gasteiger partial charge is 0.478 e. The lowest BCUT2D eigenvalue weighted by molar-refractivity contribution is 0.0695. The van der Waals surface area contributed by atoms with Crippen LogP contribution in [-0.4, -0.2) is 32.1 Å². The van der Waals surface area contributed by atoms with E-state index in [1.54, 1.807) is 30.5 Å². The molecule has 3 rings (SSSR count). The van der Waals surface area contributed by atoms with Crippen LogP contribution < -0.4 is 11.3 Å². The zero-order chi connectivity index (χ0) is 16.7. The smallest absolute Gasteiger partial charge is 0.342 e. The van der Waals surface area contributed by atoms with Gasteiger partial charge in [-0.25, -0.2) is 9.59 Å². The number of carboxylic acid groups (broad SMARTS) is 2. The van der Waals surface area contributed by atoms with E-state index in [1.165, 1.54) is 0 Å². The number of aromatic nitrogens is 2. The van der Waals surface area contributed by atoms with Gasteiger partial charge in [0.2, 0.25) is 0 Å². The molecule has 0 fully saturated rings. The van der Waals surface area contributed by atoms with Gasteiger partial charge < -0.3 is 25.9 Å². The van der Waals surface area contributed by atoms with Crippen LogP contribution in [0.3, 0.4) is 0 Å². The molecule has 0 atom stereocenters. The fraction of sp³-hybridized carbons (Fsp3) is 0. The predicted molar refractivity (Wildman–Crippen MR) is 82.7 cm³/mol. The van der Waals surface area contributed by atoms with Crippen molar-refractivity contribution in [3.63, 3.8) is 0 Å². The van der Waals surface area contributed by atoms with Gasteiger partial charge in [0.05, 0.1) is 0 Å².